The molecule has 15 heavy (non-hydrogen) atoms. The lowest BCUT2D eigenvalue weighted by molar-refractivity contribution is 0.618. The molecule has 0 aromatic heterocycles. The molecule has 2 aromatic carbocycles. The van der Waals surface area contributed by atoms with Gasteiger partial charge in [-0.3, -0.25) is 0 Å². The van der Waals surface area contributed by atoms with Gasteiger partial charge in [-0.2, -0.15) is 0 Å². The molecule has 0 unspecified atom stereocenters. The van der Waals surface area contributed by atoms with Crippen molar-refractivity contribution in [1.82, 2.24) is 0 Å². The molecule has 0 saturated carbocycles. The first-order chi connectivity index (χ1) is 7.31. The van der Waals surface area contributed by atoms with E-state index in [1.165, 1.54) is 6.07 Å². The Balaban J connectivity index is 2.46. The molecule has 0 radical (unpaired) electrons. The van der Waals surface area contributed by atoms with Crippen molar-refractivity contribution in [3.05, 3.63) is 59.9 Å². The molecule has 2 aromatic rings. The van der Waals surface area contributed by atoms with Crippen LogP contribution in [0.2, 0.25) is 0 Å². The number of hydrogen-bond donors (Lipinski definition) is 0. The van der Waals surface area contributed by atoms with Crippen LogP contribution in [0.3, 0.4) is 0 Å². The molecule has 0 atom stereocenters. The standard InChI is InChI=1S/C13H10BrF/c14-9-12-8-11(6-7-13(12)15)10-4-2-1-3-5-10/h1-8H,9H2. The number of halogens is 2. The van der Waals surface area contributed by atoms with E-state index >= 15 is 0 Å². The van der Waals surface area contributed by atoms with E-state index in [-0.39, 0.29) is 5.82 Å². The molecule has 0 aliphatic carbocycles. The minimum absolute atomic E-state index is 0.161. The second-order valence-electron chi connectivity index (χ2n) is 3.31. The smallest absolute Gasteiger partial charge is 0.127 e. The quantitative estimate of drug-likeness (QED) is 0.706. The molecule has 0 aliphatic heterocycles. The summed E-state index contributed by atoms with van der Waals surface area (Å²) in [5.74, 6) is -0.161. The van der Waals surface area contributed by atoms with Gasteiger partial charge in [0.1, 0.15) is 5.82 Å². The monoisotopic (exact) mass is 264 g/mol. The first kappa shape index (κ1) is 10.4. The first-order valence-electron chi connectivity index (χ1n) is 4.71. The highest BCUT2D eigenvalue weighted by Gasteiger charge is 2.03. The van der Waals surface area contributed by atoms with Crippen molar-refractivity contribution >= 4 is 15.9 Å². The Kier molecular flexibility index (Phi) is 3.17. The average Bonchev–Trinajstić information content (AvgIpc) is 2.31. The topological polar surface area (TPSA) is 0 Å². The normalized spacial score (nSPS) is 10.3. The summed E-state index contributed by atoms with van der Waals surface area (Å²) < 4.78 is 13.3. The van der Waals surface area contributed by atoms with Gasteiger partial charge in [-0.1, -0.05) is 52.3 Å². The molecule has 76 valence electrons. The summed E-state index contributed by atoms with van der Waals surface area (Å²) in [7, 11) is 0. The Morgan fingerprint density at radius 2 is 1.67 bits per heavy atom. The van der Waals surface area contributed by atoms with Gasteiger partial charge in [-0.05, 0) is 28.8 Å². The van der Waals surface area contributed by atoms with Crippen LogP contribution in [0.1, 0.15) is 5.56 Å². The zero-order valence-electron chi connectivity index (χ0n) is 8.08. The van der Waals surface area contributed by atoms with Crippen LogP contribution < -0.4 is 0 Å². The minimum atomic E-state index is -0.161. The lowest BCUT2D eigenvalue weighted by Crippen LogP contribution is -1.87. The van der Waals surface area contributed by atoms with Gasteiger partial charge in [0.05, 0.1) is 0 Å². The van der Waals surface area contributed by atoms with E-state index in [0.29, 0.717) is 10.9 Å². The van der Waals surface area contributed by atoms with Gasteiger partial charge >= 0.3 is 0 Å². The van der Waals surface area contributed by atoms with E-state index in [2.05, 4.69) is 15.9 Å². The maximum atomic E-state index is 13.3. The van der Waals surface area contributed by atoms with Crippen LogP contribution >= 0.6 is 15.9 Å². The van der Waals surface area contributed by atoms with Crippen LogP contribution in [0.25, 0.3) is 11.1 Å². The van der Waals surface area contributed by atoms with Crippen molar-refractivity contribution in [2.24, 2.45) is 0 Å². The number of hydrogen-bond acceptors (Lipinski definition) is 0. The van der Waals surface area contributed by atoms with E-state index in [0.717, 1.165) is 11.1 Å². The molecule has 2 rings (SSSR count). The Labute approximate surface area is 96.9 Å². The van der Waals surface area contributed by atoms with Crippen LogP contribution in [-0.2, 0) is 5.33 Å². The molecule has 0 amide bonds. The molecular formula is C13H10BrF. The van der Waals surface area contributed by atoms with E-state index < -0.39 is 0 Å². The third-order valence-electron chi connectivity index (χ3n) is 2.30. The summed E-state index contributed by atoms with van der Waals surface area (Å²) in [4.78, 5) is 0. The van der Waals surface area contributed by atoms with E-state index in [4.69, 9.17) is 0 Å². The number of benzene rings is 2. The van der Waals surface area contributed by atoms with Crippen molar-refractivity contribution in [1.29, 1.82) is 0 Å². The van der Waals surface area contributed by atoms with Gasteiger partial charge < -0.3 is 0 Å². The van der Waals surface area contributed by atoms with E-state index in [9.17, 15) is 4.39 Å². The fourth-order valence-corrected chi connectivity index (χ4v) is 1.92. The Bertz CT molecular complexity index is 451. The largest absolute Gasteiger partial charge is 0.207 e. The van der Waals surface area contributed by atoms with Gasteiger partial charge in [0, 0.05) is 5.33 Å². The predicted octanol–water partition coefficient (Wildman–Crippen LogP) is 4.39. The molecule has 0 spiro atoms. The maximum absolute atomic E-state index is 13.3. The maximum Gasteiger partial charge on any atom is 0.127 e. The van der Waals surface area contributed by atoms with Gasteiger partial charge in [-0.25, -0.2) is 4.39 Å². The van der Waals surface area contributed by atoms with Gasteiger partial charge in [0.15, 0.2) is 0 Å². The Morgan fingerprint density at radius 3 is 2.33 bits per heavy atom. The third-order valence-corrected chi connectivity index (χ3v) is 2.90. The highest BCUT2D eigenvalue weighted by molar-refractivity contribution is 9.08. The average molecular weight is 265 g/mol. The highest BCUT2D eigenvalue weighted by atomic mass is 79.9. The van der Waals surface area contributed by atoms with Crippen molar-refractivity contribution in [3.8, 4) is 11.1 Å². The molecule has 0 saturated heterocycles. The Hall–Kier alpha value is -1.15. The lowest BCUT2D eigenvalue weighted by atomic mass is 10.0. The van der Waals surface area contributed by atoms with Crippen LogP contribution in [0.4, 0.5) is 4.39 Å². The van der Waals surface area contributed by atoms with Crippen molar-refractivity contribution in [2.45, 2.75) is 5.33 Å². The Morgan fingerprint density at radius 1 is 0.933 bits per heavy atom. The second kappa shape index (κ2) is 4.58. The summed E-state index contributed by atoms with van der Waals surface area (Å²) >= 11 is 3.28. The predicted molar refractivity (Wildman–Crippen MR) is 64.5 cm³/mol. The molecule has 0 heterocycles. The zero-order valence-corrected chi connectivity index (χ0v) is 9.67. The lowest BCUT2D eigenvalue weighted by Gasteiger charge is -2.04. The molecule has 0 fully saturated rings. The summed E-state index contributed by atoms with van der Waals surface area (Å²) in [6, 6.07) is 15.2. The molecule has 0 bridgehead atoms. The zero-order chi connectivity index (χ0) is 10.7. The number of rotatable bonds is 2. The summed E-state index contributed by atoms with van der Waals surface area (Å²) in [5.41, 5.74) is 2.85. The summed E-state index contributed by atoms with van der Waals surface area (Å²) in [5, 5.41) is 0.541. The summed E-state index contributed by atoms with van der Waals surface area (Å²) in [6.45, 7) is 0. The summed E-state index contributed by atoms with van der Waals surface area (Å²) in [6.07, 6.45) is 0. The van der Waals surface area contributed by atoms with Crippen molar-refractivity contribution in [2.75, 3.05) is 0 Å². The fraction of sp³-hybridized carbons (Fsp3) is 0.0769. The van der Waals surface area contributed by atoms with Crippen LogP contribution in [0.15, 0.2) is 48.5 Å². The van der Waals surface area contributed by atoms with Crippen LogP contribution in [0, 0.1) is 5.82 Å². The third kappa shape index (κ3) is 2.26. The van der Waals surface area contributed by atoms with E-state index in [1.807, 2.05) is 36.4 Å². The van der Waals surface area contributed by atoms with Crippen LogP contribution in [0.5, 0.6) is 0 Å². The highest BCUT2D eigenvalue weighted by Crippen LogP contribution is 2.22. The van der Waals surface area contributed by atoms with Gasteiger partial charge in [0.25, 0.3) is 0 Å². The molecular weight excluding hydrogens is 255 g/mol. The second-order valence-corrected chi connectivity index (χ2v) is 3.87. The van der Waals surface area contributed by atoms with E-state index in [1.54, 1.807) is 6.07 Å². The fourth-order valence-electron chi connectivity index (χ4n) is 1.49. The molecule has 2 heteroatoms. The molecule has 0 aliphatic rings. The SMILES string of the molecule is Fc1ccc(-c2ccccc2)cc1CBr. The number of alkyl halides is 1. The molecule has 0 nitrogen and oxygen atoms in total. The molecule has 0 N–H and O–H groups in total. The van der Waals surface area contributed by atoms with Crippen molar-refractivity contribution < 1.29 is 4.39 Å². The van der Waals surface area contributed by atoms with Crippen molar-refractivity contribution in [3.63, 3.8) is 0 Å². The van der Waals surface area contributed by atoms with Crippen LogP contribution in [-0.4, -0.2) is 0 Å². The van der Waals surface area contributed by atoms with Gasteiger partial charge in [-0.15, -0.1) is 0 Å². The minimum Gasteiger partial charge on any atom is -0.207 e. The van der Waals surface area contributed by atoms with Gasteiger partial charge in [0.2, 0.25) is 0 Å². The first-order valence-corrected chi connectivity index (χ1v) is 5.83.